The molecule has 1 aromatic heterocycles. The number of aryl methyl sites for hydroxylation is 1. The molecule has 1 atom stereocenters. The van der Waals surface area contributed by atoms with E-state index in [0.717, 1.165) is 16.7 Å². The van der Waals surface area contributed by atoms with Crippen molar-refractivity contribution in [2.24, 2.45) is 0 Å². The first kappa shape index (κ1) is 24.7. The molecule has 184 valence electrons. The van der Waals surface area contributed by atoms with E-state index in [1.54, 1.807) is 38.1 Å². The van der Waals surface area contributed by atoms with Gasteiger partial charge in [0.15, 0.2) is 5.76 Å². The molecule has 1 amide bonds. The van der Waals surface area contributed by atoms with Crippen molar-refractivity contribution in [3.8, 4) is 11.3 Å². The number of rotatable bonds is 8. The molecule has 8 heteroatoms. The largest absolute Gasteiger partial charge is 0.481 e. The third-order valence-electron chi connectivity index (χ3n) is 5.69. The molecule has 0 bridgehead atoms. The molecule has 0 saturated carbocycles. The van der Waals surface area contributed by atoms with Gasteiger partial charge in [0.25, 0.3) is 0 Å². The predicted molar refractivity (Wildman–Crippen MR) is 132 cm³/mol. The van der Waals surface area contributed by atoms with E-state index in [1.807, 2.05) is 42.5 Å². The number of nitrogens with one attached hydrogen (secondary N) is 1. The van der Waals surface area contributed by atoms with Gasteiger partial charge in [-0.05, 0) is 43.0 Å². The zero-order valence-corrected chi connectivity index (χ0v) is 19.8. The van der Waals surface area contributed by atoms with Crippen LogP contribution in [0.2, 0.25) is 0 Å². The molecule has 0 fully saturated rings. The molecule has 0 aliphatic heterocycles. The highest BCUT2D eigenvalue weighted by atomic mass is 19.1. The topological polar surface area (TPSA) is 102 Å². The van der Waals surface area contributed by atoms with E-state index in [0.29, 0.717) is 29.1 Å². The van der Waals surface area contributed by atoms with Crippen molar-refractivity contribution in [3.63, 3.8) is 0 Å². The van der Waals surface area contributed by atoms with Crippen molar-refractivity contribution < 1.29 is 28.3 Å². The molecule has 1 unspecified atom stereocenters. The second kappa shape index (κ2) is 10.9. The second-order valence-electron chi connectivity index (χ2n) is 8.43. The number of aliphatic carboxylic acids is 1. The zero-order valence-electron chi connectivity index (χ0n) is 19.8. The minimum Gasteiger partial charge on any atom is -0.481 e. The highest BCUT2D eigenvalue weighted by molar-refractivity contribution is 5.90. The van der Waals surface area contributed by atoms with Gasteiger partial charge in [0.1, 0.15) is 23.3 Å². The van der Waals surface area contributed by atoms with Crippen LogP contribution in [0.5, 0.6) is 0 Å². The molecule has 4 rings (SSSR count). The molecule has 0 aliphatic carbocycles. The van der Waals surface area contributed by atoms with Crippen LogP contribution in [0.4, 0.5) is 14.9 Å². The van der Waals surface area contributed by atoms with Crippen LogP contribution in [0.3, 0.4) is 0 Å². The normalized spacial score (nSPS) is 11.6. The molecule has 7 nitrogen and oxygen atoms in total. The third-order valence-corrected chi connectivity index (χ3v) is 5.69. The summed E-state index contributed by atoms with van der Waals surface area (Å²) in [6.07, 6.45) is -0.928. The average Bonchev–Trinajstić information content (AvgIpc) is 3.19. The van der Waals surface area contributed by atoms with Crippen LogP contribution in [0.15, 0.2) is 77.3 Å². The molecule has 0 saturated heterocycles. The zero-order chi connectivity index (χ0) is 25.7. The average molecular weight is 489 g/mol. The van der Waals surface area contributed by atoms with E-state index < -0.39 is 24.0 Å². The van der Waals surface area contributed by atoms with E-state index in [2.05, 4.69) is 10.5 Å². The number of carboxylic acids is 1. The fourth-order valence-corrected chi connectivity index (χ4v) is 3.91. The number of benzene rings is 3. The van der Waals surface area contributed by atoms with Gasteiger partial charge in [0.2, 0.25) is 0 Å². The lowest BCUT2D eigenvalue weighted by atomic mass is 10.00. The lowest BCUT2D eigenvalue weighted by Gasteiger charge is -2.15. The number of ether oxygens (including phenoxy) is 1. The summed E-state index contributed by atoms with van der Waals surface area (Å²) in [5.41, 5.74) is 4.60. The van der Waals surface area contributed by atoms with Crippen molar-refractivity contribution in [3.05, 3.63) is 107 Å². The number of hydrogen-bond acceptors (Lipinski definition) is 5. The standard InChI is InChI=1S/C28H25FN2O5/c1-17-26(30-28(34)35-18(2)23-8-3-4-9-24(23)29)27(36-31-17)22-12-10-19(11-13-22)14-20-6-5-7-21(15-20)16-25(32)33/h3-13,15,18H,14,16H2,1-2H3,(H,30,34)(H,32,33). The van der Waals surface area contributed by atoms with E-state index in [9.17, 15) is 14.0 Å². The monoisotopic (exact) mass is 488 g/mol. The summed E-state index contributed by atoms with van der Waals surface area (Å²) in [4.78, 5) is 23.5. The van der Waals surface area contributed by atoms with Crippen molar-refractivity contribution in [1.29, 1.82) is 0 Å². The maximum Gasteiger partial charge on any atom is 0.412 e. The maximum atomic E-state index is 14.0. The predicted octanol–water partition coefficient (Wildman–Crippen LogP) is 6.32. The SMILES string of the molecule is Cc1noc(-c2ccc(Cc3cccc(CC(=O)O)c3)cc2)c1NC(=O)OC(C)c1ccccc1F. The number of hydrogen-bond donors (Lipinski definition) is 2. The minimum atomic E-state index is -0.867. The molecule has 0 radical (unpaired) electrons. The van der Waals surface area contributed by atoms with Crippen LogP contribution in [0.25, 0.3) is 11.3 Å². The Bertz CT molecular complexity index is 1380. The summed E-state index contributed by atoms with van der Waals surface area (Å²) in [7, 11) is 0. The van der Waals surface area contributed by atoms with E-state index in [1.165, 1.54) is 6.07 Å². The first-order chi connectivity index (χ1) is 17.3. The van der Waals surface area contributed by atoms with Gasteiger partial charge in [-0.2, -0.15) is 0 Å². The molecule has 3 aromatic carbocycles. The van der Waals surface area contributed by atoms with Crippen LogP contribution in [0, 0.1) is 12.7 Å². The summed E-state index contributed by atoms with van der Waals surface area (Å²) >= 11 is 0. The summed E-state index contributed by atoms with van der Waals surface area (Å²) in [6.45, 7) is 3.29. The second-order valence-corrected chi connectivity index (χ2v) is 8.43. The molecule has 1 heterocycles. The Morgan fingerprint density at radius 1 is 1.03 bits per heavy atom. The number of halogens is 1. The van der Waals surface area contributed by atoms with Crippen molar-refractivity contribution in [1.82, 2.24) is 5.16 Å². The number of carbonyl (C=O) groups is 2. The quantitative estimate of drug-likeness (QED) is 0.301. The lowest BCUT2D eigenvalue weighted by molar-refractivity contribution is -0.136. The van der Waals surface area contributed by atoms with Gasteiger partial charge in [-0.3, -0.25) is 10.1 Å². The molecule has 36 heavy (non-hydrogen) atoms. The van der Waals surface area contributed by atoms with Gasteiger partial charge >= 0.3 is 12.1 Å². The number of anilines is 1. The van der Waals surface area contributed by atoms with Gasteiger partial charge in [-0.15, -0.1) is 0 Å². The van der Waals surface area contributed by atoms with Gasteiger partial charge < -0.3 is 14.4 Å². The maximum absolute atomic E-state index is 14.0. The van der Waals surface area contributed by atoms with Gasteiger partial charge in [-0.25, -0.2) is 9.18 Å². The Kier molecular flexibility index (Phi) is 7.44. The molecular weight excluding hydrogens is 463 g/mol. The van der Waals surface area contributed by atoms with Gasteiger partial charge in [0.05, 0.1) is 6.42 Å². The van der Waals surface area contributed by atoms with Crippen LogP contribution < -0.4 is 5.32 Å². The highest BCUT2D eigenvalue weighted by Gasteiger charge is 2.21. The third kappa shape index (κ3) is 5.96. The summed E-state index contributed by atoms with van der Waals surface area (Å²) in [5, 5.41) is 15.6. The number of amides is 1. The summed E-state index contributed by atoms with van der Waals surface area (Å²) in [5.74, 6) is -0.944. The Morgan fingerprint density at radius 3 is 2.47 bits per heavy atom. The Balaban J connectivity index is 1.45. The summed E-state index contributed by atoms with van der Waals surface area (Å²) in [6, 6.07) is 21.2. The van der Waals surface area contributed by atoms with Crippen molar-refractivity contribution >= 4 is 17.7 Å². The van der Waals surface area contributed by atoms with Crippen LogP contribution >= 0.6 is 0 Å². The Labute approximate surface area is 207 Å². The first-order valence-corrected chi connectivity index (χ1v) is 11.4. The number of carbonyl (C=O) groups excluding carboxylic acids is 1. The summed E-state index contributed by atoms with van der Waals surface area (Å²) < 4.78 is 24.8. The molecule has 0 aliphatic rings. The number of nitrogens with zero attached hydrogens (tertiary/aromatic N) is 1. The number of carboxylic acid groups (broad SMARTS) is 1. The van der Waals surface area contributed by atoms with E-state index in [-0.39, 0.29) is 12.0 Å². The highest BCUT2D eigenvalue weighted by Crippen LogP contribution is 2.32. The lowest BCUT2D eigenvalue weighted by Crippen LogP contribution is -2.17. The molecular formula is C28H25FN2O5. The van der Waals surface area contributed by atoms with Crippen LogP contribution in [-0.2, 0) is 22.4 Å². The van der Waals surface area contributed by atoms with Crippen LogP contribution in [0.1, 0.15) is 41.0 Å². The van der Waals surface area contributed by atoms with Crippen LogP contribution in [-0.4, -0.2) is 22.3 Å². The number of aromatic nitrogens is 1. The molecule has 4 aromatic rings. The Morgan fingerprint density at radius 2 is 1.75 bits per heavy atom. The van der Waals surface area contributed by atoms with Gasteiger partial charge in [-0.1, -0.05) is 71.9 Å². The first-order valence-electron chi connectivity index (χ1n) is 11.4. The van der Waals surface area contributed by atoms with E-state index in [4.69, 9.17) is 14.4 Å². The molecule has 2 N–H and O–H groups in total. The van der Waals surface area contributed by atoms with Crippen molar-refractivity contribution in [2.75, 3.05) is 5.32 Å². The van der Waals surface area contributed by atoms with E-state index >= 15 is 0 Å². The fourth-order valence-electron chi connectivity index (χ4n) is 3.91. The van der Waals surface area contributed by atoms with Gasteiger partial charge in [0, 0.05) is 11.1 Å². The van der Waals surface area contributed by atoms with Crippen molar-refractivity contribution in [2.45, 2.75) is 32.8 Å². The Hall–Kier alpha value is -4.46. The molecule has 0 spiro atoms. The minimum absolute atomic E-state index is 0.0189. The smallest absolute Gasteiger partial charge is 0.412 e. The fraction of sp³-hybridized carbons (Fsp3) is 0.179.